The number of hydrogen-bond donors (Lipinski definition) is 0. The molecule has 1 unspecified atom stereocenters. The first-order chi connectivity index (χ1) is 9.52. The second-order valence-electron chi connectivity index (χ2n) is 4.13. The number of nitrogens with zero attached hydrogens (tertiary/aromatic N) is 2. The SMILES string of the molecule is COC(=O)C1CN(C(=O)c2cnc(Cl)c(Cl)c2)CCO1. The van der Waals surface area contributed by atoms with E-state index in [0.29, 0.717) is 12.1 Å². The third kappa shape index (κ3) is 3.20. The Labute approximate surface area is 125 Å². The van der Waals surface area contributed by atoms with Gasteiger partial charge in [0.05, 0.1) is 30.8 Å². The van der Waals surface area contributed by atoms with Crippen LogP contribution in [0, 0.1) is 0 Å². The zero-order valence-electron chi connectivity index (χ0n) is 10.6. The molecule has 1 aromatic rings. The average Bonchev–Trinajstić information content (AvgIpc) is 2.48. The number of aromatic nitrogens is 1. The Hall–Kier alpha value is -1.37. The first-order valence-corrected chi connectivity index (χ1v) is 6.58. The van der Waals surface area contributed by atoms with Crippen LogP contribution in [0.25, 0.3) is 0 Å². The largest absolute Gasteiger partial charge is 0.467 e. The summed E-state index contributed by atoms with van der Waals surface area (Å²) >= 11 is 11.5. The normalized spacial score (nSPS) is 18.8. The lowest BCUT2D eigenvalue weighted by molar-refractivity contribution is -0.158. The number of hydrogen-bond acceptors (Lipinski definition) is 5. The predicted octanol–water partition coefficient (Wildman–Crippen LogP) is 1.40. The van der Waals surface area contributed by atoms with Crippen LogP contribution in [0.2, 0.25) is 10.2 Å². The van der Waals surface area contributed by atoms with Gasteiger partial charge in [-0.25, -0.2) is 9.78 Å². The zero-order chi connectivity index (χ0) is 14.7. The molecule has 2 heterocycles. The summed E-state index contributed by atoms with van der Waals surface area (Å²) < 4.78 is 9.86. The minimum absolute atomic E-state index is 0.131. The lowest BCUT2D eigenvalue weighted by Crippen LogP contribution is -2.48. The molecule has 0 spiro atoms. The molecule has 0 saturated carbocycles. The second kappa shape index (κ2) is 6.39. The van der Waals surface area contributed by atoms with Crippen molar-refractivity contribution >= 4 is 35.1 Å². The first-order valence-electron chi connectivity index (χ1n) is 5.82. The molecule has 0 radical (unpaired) electrons. The van der Waals surface area contributed by atoms with Crippen molar-refractivity contribution in [3.63, 3.8) is 0 Å². The van der Waals surface area contributed by atoms with Crippen molar-refractivity contribution in [2.75, 3.05) is 26.8 Å². The number of morpholine rings is 1. The van der Waals surface area contributed by atoms with Gasteiger partial charge in [0.1, 0.15) is 5.15 Å². The summed E-state index contributed by atoms with van der Waals surface area (Å²) in [5.41, 5.74) is 0.310. The van der Waals surface area contributed by atoms with Gasteiger partial charge in [0.15, 0.2) is 6.10 Å². The highest BCUT2D eigenvalue weighted by molar-refractivity contribution is 6.41. The highest BCUT2D eigenvalue weighted by Gasteiger charge is 2.30. The number of methoxy groups -OCH3 is 1. The highest BCUT2D eigenvalue weighted by Crippen LogP contribution is 2.21. The van der Waals surface area contributed by atoms with E-state index in [1.165, 1.54) is 24.3 Å². The fourth-order valence-corrected chi connectivity index (χ4v) is 2.10. The molecule has 0 N–H and O–H groups in total. The van der Waals surface area contributed by atoms with E-state index in [2.05, 4.69) is 9.72 Å². The number of esters is 1. The molecule has 1 fully saturated rings. The van der Waals surface area contributed by atoms with Gasteiger partial charge in [-0.3, -0.25) is 4.79 Å². The second-order valence-corrected chi connectivity index (χ2v) is 4.90. The van der Waals surface area contributed by atoms with Crippen molar-refractivity contribution in [3.05, 3.63) is 28.0 Å². The molecule has 6 nitrogen and oxygen atoms in total. The first kappa shape index (κ1) is 15.0. The predicted molar refractivity (Wildman–Crippen MR) is 71.9 cm³/mol. The Balaban J connectivity index is 2.12. The van der Waals surface area contributed by atoms with Crippen LogP contribution in [0.4, 0.5) is 0 Å². The van der Waals surface area contributed by atoms with Gasteiger partial charge in [0.2, 0.25) is 0 Å². The Morgan fingerprint density at radius 3 is 2.90 bits per heavy atom. The van der Waals surface area contributed by atoms with Gasteiger partial charge in [-0.1, -0.05) is 23.2 Å². The van der Waals surface area contributed by atoms with Crippen molar-refractivity contribution in [1.82, 2.24) is 9.88 Å². The van der Waals surface area contributed by atoms with E-state index in [1.807, 2.05) is 0 Å². The van der Waals surface area contributed by atoms with Gasteiger partial charge in [-0.15, -0.1) is 0 Å². The molecule has 2 rings (SSSR count). The average molecular weight is 319 g/mol. The fraction of sp³-hybridized carbons (Fsp3) is 0.417. The molecule has 1 atom stereocenters. The molecule has 0 bridgehead atoms. The van der Waals surface area contributed by atoms with Crippen molar-refractivity contribution in [2.24, 2.45) is 0 Å². The van der Waals surface area contributed by atoms with Crippen LogP contribution in [0.5, 0.6) is 0 Å². The van der Waals surface area contributed by atoms with E-state index in [9.17, 15) is 9.59 Å². The van der Waals surface area contributed by atoms with Crippen molar-refractivity contribution < 1.29 is 19.1 Å². The molecule has 0 aromatic carbocycles. The number of halogens is 2. The molecule has 20 heavy (non-hydrogen) atoms. The molecular weight excluding hydrogens is 307 g/mol. The van der Waals surface area contributed by atoms with Crippen LogP contribution in [0.15, 0.2) is 12.3 Å². The van der Waals surface area contributed by atoms with Crippen molar-refractivity contribution in [3.8, 4) is 0 Å². The van der Waals surface area contributed by atoms with Gasteiger partial charge >= 0.3 is 5.97 Å². The molecule has 1 aromatic heterocycles. The van der Waals surface area contributed by atoms with Gasteiger partial charge < -0.3 is 14.4 Å². The van der Waals surface area contributed by atoms with Crippen molar-refractivity contribution in [2.45, 2.75) is 6.10 Å². The van der Waals surface area contributed by atoms with Crippen LogP contribution >= 0.6 is 23.2 Å². The van der Waals surface area contributed by atoms with Crippen LogP contribution in [-0.2, 0) is 14.3 Å². The highest BCUT2D eigenvalue weighted by atomic mass is 35.5. The standard InChI is InChI=1S/C12H12Cl2N2O4/c1-19-12(18)9-6-16(2-3-20-9)11(17)7-4-8(13)10(14)15-5-7/h4-5,9H,2-3,6H2,1H3. The van der Waals surface area contributed by atoms with Crippen LogP contribution in [0.3, 0.4) is 0 Å². The summed E-state index contributed by atoms with van der Waals surface area (Å²) in [7, 11) is 1.27. The summed E-state index contributed by atoms with van der Waals surface area (Å²) in [6, 6.07) is 1.45. The molecule has 8 heteroatoms. The molecule has 1 aliphatic heterocycles. The Morgan fingerprint density at radius 2 is 2.25 bits per heavy atom. The number of amides is 1. The van der Waals surface area contributed by atoms with E-state index < -0.39 is 12.1 Å². The third-order valence-corrected chi connectivity index (χ3v) is 3.55. The third-order valence-electron chi connectivity index (χ3n) is 2.86. The monoisotopic (exact) mass is 318 g/mol. The maximum absolute atomic E-state index is 12.3. The molecule has 108 valence electrons. The number of carbonyl (C=O) groups excluding carboxylic acids is 2. The van der Waals surface area contributed by atoms with Crippen LogP contribution in [0.1, 0.15) is 10.4 Å². The number of pyridine rings is 1. The Morgan fingerprint density at radius 1 is 1.50 bits per heavy atom. The summed E-state index contributed by atoms with van der Waals surface area (Å²) in [6.45, 7) is 0.776. The smallest absolute Gasteiger partial charge is 0.336 e. The maximum Gasteiger partial charge on any atom is 0.336 e. The molecule has 1 aliphatic rings. The molecule has 1 amide bonds. The molecule has 0 aliphatic carbocycles. The van der Waals surface area contributed by atoms with Gasteiger partial charge in [0.25, 0.3) is 5.91 Å². The van der Waals surface area contributed by atoms with Gasteiger partial charge in [-0.2, -0.15) is 0 Å². The van der Waals surface area contributed by atoms with E-state index in [1.54, 1.807) is 0 Å². The van der Waals surface area contributed by atoms with Gasteiger partial charge in [-0.05, 0) is 6.07 Å². The van der Waals surface area contributed by atoms with E-state index >= 15 is 0 Å². The van der Waals surface area contributed by atoms with E-state index in [-0.39, 0.29) is 29.2 Å². The summed E-state index contributed by atoms with van der Waals surface area (Å²) in [5, 5.41) is 0.341. The number of ether oxygens (including phenoxy) is 2. The lowest BCUT2D eigenvalue weighted by Gasteiger charge is -2.31. The Bertz CT molecular complexity index is 538. The van der Waals surface area contributed by atoms with E-state index in [0.717, 1.165) is 0 Å². The summed E-state index contributed by atoms with van der Waals surface area (Å²) in [4.78, 5) is 29.1. The summed E-state index contributed by atoms with van der Waals surface area (Å²) in [6.07, 6.45) is 0.576. The number of rotatable bonds is 2. The maximum atomic E-state index is 12.3. The molecule has 1 saturated heterocycles. The van der Waals surface area contributed by atoms with E-state index in [4.69, 9.17) is 27.9 Å². The summed E-state index contributed by atoms with van der Waals surface area (Å²) in [5.74, 6) is -0.789. The van der Waals surface area contributed by atoms with Gasteiger partial charge in [0, 0.05) is 12.7 Å². The number of carbonyl (C=O) groups is 2. The zero-order valence-corrected chi connectivity index (χ0v) is 12.1. The van der Waals surface area contributed by atoms with Crippen molar-refractivity contribution in [1.29, 1.82) is 0 Å². The minimum atomic E-state index is -0.770. The topological polar surface area (TPSA) is 68.7 Å². The lowest BCUT2D eigenvalue weighted by atomic mass is 10.2. The quantitative estimate of drug-likeness (QED) is 0.609. The Kier molecular flexibility index (Phi) is 4.80. The minimum Gasteiger partial charge on any atom is -0.467 e. The van der Waals surface area contributed by atoms with Crippen LogP contribution < -0.4 is 0 Å². The molecular formula is C12H12Cl2N2O4. The van der Waals surface area contributed by atoms with Crippen LogP contribution in [-0.4, -0.2) is 54.7 Å². The fourth-order valence-electron chi connectivity index (χ4n) is 1.83.